The number of carbonyl (C=O) groups excluding carboxylic acids is 1. The molecule has 1 aromatic rings. The molecule has 1 aliphatic rings. The number of guanidine groups is 1. The Kier molecular flexibility index (Phi) is 10.6. The van der Waals surface area contributed by atoms with Gasteiger partial charge in [-0.25, -0.2) is 13.4 Å². The number of rotatable bonds is 9. The summed E-state index contributed by atoms with van der Waals surface area (Å²) in [6.07, 6.45) is 3.41. The molecule has 30 heavy (non-hydrogen) atoms. The standard InChI is InChI=1S/C21H34N4O3S.HI/c1-5-22-20(24-16-21(2,3)12-14-29(4,27)28)23-15-17-8-10-18(11-9-17)25-13-6-7-19(25)26;/h8-11H,5-7,12-16H2,1-4H3,(H2,22,23,24);1H. The molecule has 1 aliphatic heterocycles. The topological polar surface area (TPSA) is 90.9 Å². The SMILES string of the molecule is CCNC(=NCc1ccc(N2CCCC2=O)cc1)NCC(C)(C)CCS(C)(=O)=O.I. The van der Waals surface area contributed by atoms with Gasteiger partial charge in [0.1, 0.15) is 9.84 Å². The van der Waals surface area contributed by atoms with Crippen LogP contribution in [0, 0.1) is 5.41 Å². The van der Waals surface area contributed by atoms with Gasteiger partial charge < -0.3 is 15.5 Å². The third kappa shape index (κ3) is 9.20. The third-order valence-electron chi connectivity index (χ3n) is 4.97. The van der Waals surface area contributed by atoms with Gasteiger partial charge in [0.25, 0.3) is 0 Å². The Balaban J connectivity index is 0.00000450. The Morgan fingerprint density at radius 3 is 2.40 bits per heavy atom. The van der Waals surface area contributed by atoms with Crippen molar-refractivity contribution in [3.05, 3.63) is 29.8 Å². The fourth-order valence-electron chi connectivity index (χ4n) is 3.09. The molecule has 0 bridgehead atoms. The van der Waals surface area contributed by atoms with Crippen molar-refractivity contribution in [3.63, 3.8) is 0 Å². The average Bonchev–Trinajstić information content (AvgIpc) is 3.08. The van der Waals surface area contributed by atoms with Crippen LogP contribution < -0.4 is 15.5 Å². The molecule has 1 fully saturated rings. The molecule has 0 unspecified atom stereocenters. The highest BCUT2D eigenvalue weighted by molar-refractivity contribution is 14.0. The second-order valence-corrected chi connectivity index (χ2v) is 10.7. The number of carbonyl (C=O) groups is 1. The van der Waals surface area contributed by atoms with Gasteiger partial charge in [-0.05, 0) is 42.9 Å². The molecule has 1 saturated heterocycles. The monoisotopic (exact) mass is 550 g/mol. The highest BCUT2D eigenvalue weighted by Gasteiger charge is 2.22. The van der Waals surface area contributed by atoms with E-state index in [1.54, 1.807) is 0 Å². The van der Waals surface area contributed by atoms with Crippen LogP contribution in [0.5, 0.6) is 0 Å². The zero-order valence-corrected chi connectivity index (χ0v) is 21.5. The molecule has 7 nitrogen and oxygen atoms in total. The first-order valence-corrected chi connectivity index (χ1v) is 12.2. The summed E-state index contributed by atoms with van der Waals surface area (Å²) < 4.78 is 22.9. The summed E-state index contributed by atoms with van der Waals surface area (Å²) in [5.74, 6) is 1.08. The van der Waals surface area contributed by atoms with Crippen molar-refractivity contribution in [2.45, 2.75) is 46.6 Å². The largest absolute Gasteiger partial charge is 0.357 e. The second kappa shape index (κ2) is 11.9. The van der Waals surface area contributed by atoms with E-state index in [2.05, 4.69) is 15.6 Å². The lowest BCUT2D eigenvalue weighted by Gasteiger charge is -2.25. The lowest BCUT2D eigenvalue weighted by molar-refractivity contribution is -0.117. The predicted octanol–water partition coefficient (Wildman–Crippen LogP) is 2.95. The number of aliphatic imine (C=N–C) groups is 1. The number of nitrogens with zero attached hydrogens (tertiary/aromatic N) is 2. The summed E-state index contributed by atoms with van der Waals surface area (Å²) >= 11 is 0. The molecule has 0 spiro atoms. The van der Waals surface area contributed by atoms with Gasteiger partial charge in [0.05, 0.1) is 12.3 Å². The van der Waals surface area contributed by atoms with Crippen LogP contribution >= 0.6 is 24.0 Å². The van der Waals surface area contributed by atoms with Crippen molar-refractivity contribution in [1.82, 2.24) is 10.6 Å². The van der Waals surface area contributed by atoms with E-state index >= 15 is 0 Å². The van der Waals surface area contributed by atoms with Crippen molar-refractivity contribution in [2.24, 2.45) is 10.4 Å². The molecule has 1 amide bonds. The maximum absolute atomic E-state index is 11.9. The van der Waals surface area contributed by atoms with E-state index in [1.165, 1.54) is 6.26 Å². The van der Waals surface area contributed by atoms with Crippen molar-refractivity contribution in [3.8, 4) is 0 Å². The van der Waals surface area contributed by atoms with Gasteiger partial charge in [-0.2, -0.15) is 0 Å². The second-order valence-electron chi connectivity index (χ2n) is 8.41. The first kappa shape index (κ1) is 26.7. The summed E-state index contributed by atoms with van der Waals surface area (Å²) in [4.78, 5) is 18.3. The number of hydrogen-bond donors (Lipinski definition) is 2. The van der Waals surface area contributed by atoms with Crippen LogP contribution in [-0.2, 0) is 21.2 Å². The first-order chi connectivity index (χ1) is 13.6. The molecule has 2 N–H and O–H groups in total. The van der Waals surface area contributed by atoms with E-state index < -0.39 is 9.84 Å². The van der Waals surface area contributed by atoms with E-state index in [4.69, 9.17) is 0 Å². The number of amides is 1. The molecular weight excluding hydrogens is 515 g/mol. The number of hydrogen-bond acceptors (Lipinski definition) is 4. The molecule has 1 heterocycles. The zero-order chi connectivity index (χ0) is 21.5. The molecule has 0 aliphatic carbocycles. The number of benzene rings is 1. The molecule has 0 atom stereocenters. The van der Waals surface area contributed by atoms with Gasteiger partial charge in [0, 0.05) is 38.0 Å². The molecule has 0 radical (unpaired) electrons. The quantitative estimate of drug-likeness (QED) is 0.281. The van der Waals surface area contributed by atoms with Gasteiger partial charge in [-0.1, -0.05) is 26.0 Å². The summed E-state index contributed by atoms with van der Waals surface area (Å²) in [6.45, 7) is 8.79. The minimum atomic E-state index is -2.96. The maximum Gasteiger partial charge on any atom is 0.227 e. The smallest absolute Gasteiger partial charge is 0.227 e. The molecule has 170 valence electrons. The number of sulfone groups is 1. The highest BCUT2D eigenvalue weighted by atomic mass is 127. The van der Waals surface area contributed by atoms with Crippen molar-refractivity contribution in [2.75, 3.05) is 36.5 Å². The molecule has 2 rings (SSSR count). The van der Waals surface area contributed by atoms with Crippen LogP contribution in [0.4, 0.5) is 5.69 Å². The summed E-state index contributed by atoms with van der Waals surface area (Å²) in [5.41, 5.74) is 1.84. The van der Waals surface area contributed by atoms with Gasteiger partial charge in [-0.3, -0.25) is 4.79 Å². The number of halogens is 1. The summed E-state index contributed by atoms with van der Waals surface area (Å²) in [6, 6.07) is 7.96. The predicted molar refractivity (Wildman–Crippen MR) is 134 cm³/mol. The van der Waals surface area contributed by atoms with Crippen LogP contribution in [0.15, 0.2) is 29.3 Å². The fraction of sp³-hybridized carbons (Fsp3) is 0.619. The van der Waals surface area contributed by atoms with E-state index in [-0.39, 0.29) is 41.1 Å². The van der Waals surface area contributed by atoms with Crippen molar-refractivity contribution in [1.29, 1.82) is 0 Å². The Hall–Kier alpha value is -1.36. The van der Waals surface area contributed by atoms with Crippen molar-refractivity contribution >= 4 is 51.4 Å². The highest BCUT2D eigenvalue weighted by Crippen LogP contribution is 2.22. The Labute approximate surface area is 198 Å². The number of anilines is 1. The lowest BCUT2D eigenvalue weighted by Crippen LogP contribution is -2.42. The molecule has 9 heteroatoms. The van der Waals surface area contributed by atoms with E-state index in [0.717, 1.165) is 30.8 Å². The van der Waals surface area contributed by atoms with Crippen LogP contribution in [-0.4, -0.2) is 51.9 Å². The Bertz CT molecular complexity index is 823. The molecule has 1 aromatic carbocycles. The molecule has 0 saturated carbocycles. The van der Waals surface area contributed by atoms with Gasteiger partial charge in [-0.15, -0.1) is 24.0 Å². The number of nitrogens with one attached hydrogen (secondary N) is 2. The normalized spacial score (nSPS) is 15.1. The van der Waals surface area contributed by atoms with Crippen LogP contribution in [0.25, 0.3) is 0 Å². The van der Waals surface area contributed by atoms with Gasteiger partial charge >= 0.3 is 0 Å². The van der Waals surface area contributed by atoms with E-state index in [0.29, 0.717) is 31.9 Å². The Morgan fingerprint density at radius 2 is 1.87 bits per heavy atom. The fourth-order valence-corrected chi connectivity index (χ4v) is 4.01. The Morgan fingerprint density at radius 1 is 1.20 bits per heavy atom. The lowest BCUT2D eigenvalue weighted by atomic mass is 9.90. The van der Waals surface area contributed by atoms with Gasteiger partial charge in [0.2, 0.25) is 5.91 Å². The third-order valence-corrected chi connectivity index (χ3v) is 5.92. The zero-order valence-electron chi connectivity index (χ0n) is 18.4. The minimum absolute atomic E-state index is 0. The van der Waals surface area contributed by atoms with Crippen LogP contribution in [0.1, 0.15) is 45.6 Å². The van der Waals surface area contributed by atoms with Crippen LogP contribution in [0.3, 0.4) is 0 Å². The molecule has 0 aromatic heterocycles. The minimum Gasteiger partial charge on any atom is -0.357 e. The maximum atomic E-state index is 11.9. The van der Waals surface area contributed by atoms with E-state index in [1.807, 2.05) is 49.9 Å². The van der Waals surface area contributed by atoms with E-state index in [9.17, 15) is 13.2 Å². The van der Waals surface area contributed by atoms with Crippen LogP contribution in [0.2, 0.25) is 0 Å². The first-order valence-electron chi connectivity index (χ1n) is 10.2. The van der Waals surface area contributed by atoms with Crippen molar-refractivity contribution < 1.29 is 13.2 Å². The summed E-state index contributed by atoms with van der Waals surface area (Å²) in [7, 11) is -2.96. The summed E-state index contributed by atoms with van der Waals surface area (Å²) in [5, 5.41) is 6.55. The average molecular weight is 551 g/mol. The molecular formula is C21H35IN4O3S. The van der Waals surface area contributed by atoms with Gasteiger partial charge in [0.15, 0.2) is 5.96 Å².